The third-order valence-corrected chi connectivity index (χ3v) is 3.68. The van der Waals surface area contributed by atoms with Crippen molar-refractivity contribution in [3.05, 3.63) is 42.4 Å². The van der Waals surface area contributed by atoms with Gasteiger partial charge in [-0.15, -0.1) is 0 Å². The minimum absolute atomic E-state index is 0.244. The summed E-state index contributed by atoms with van der Waals surface area (Å²) in [5, 5.41) is 0. The molecule has 1 aromatic carbocycles. The molecule has 0 N–H and O–H groups in total. The highest BCUT2D eigenvalue weighted by molar-refractivity contribution is 5.69. The number of hydrogen-bond donors (Lipinski definition) is 0. The Hall–Kier alpha value is -2.30. The van der Waals surface area contributed by atoms with E-state index in [0.717, 1.165) is 23.6 Å². The van der Waals surface area contributed by atoms with Gasteiger partial charge in [-0.2, -0.15) is 0 Å². The highest BCUT2D eigenvalue weighted by Gasteiger charge is 2.34. The minimum Gasteiger partial charge on any atom is -0.444 e. The molecule has 1 aromatic heterocycles. The molecule has 0 atom stereocenters. The Labute approximate surface area is 136 Å². The molecule has 5 heteroatoms. The normalized spacial score (nSPS) is 15.3. The van der Waals surface area contributed by atoms with Crippen LogP contribution in [0.25, 0.3) is 11.3 Å². The molecule has 0 saturated carbocycles. The number of hydrogen-bond acceptors (Lipinski definition) is 4. The molecule has 1 aliphatic rings. The summed E-state index contributed by atoms with van der Waals surface area (Å²) >= 11 is 0. The Kier molecular flexibility index (Phi) is 4.11. The van der Waals surface area contributed by atoms with Crippen molar-refractivity contribution in [3.8, 4) is 11.3 Å². The molecule has 2 aromatic rings. The number of nitrogens with zero attached hydrogens (tertiary/aromatic N) is 2. The van der Waals surface area contributed by atoms with Crippen LogP contribution in [-0.4, -0.2) is 34.7 Å². The van der Waals surface area contributed by atoms with Gasteiger partial charge in [0.05, 0.1) is 6.20 Å². The number of likely N-dealkylation sites (tertiary alicyclic amines) is 1. The van der Waals surface area contributed by atoms with E-state index in [4.69, 9.17) is 9.15 Å². The lowest BCUT2D eigenvalue weighted by Gasteiger charge is -2.39. The van der Waals surface area contributed by atoms with E-state index in [0.29, 0.717) is 19.0 Å². The summed E-state index contributed by atoms with van der Waals surface area (Å²) in [6, 6.07) is 9.92. The zero-order chi connectivity index (χ0) is 16.4. The number of amides is 1. The Balaban J connectivity index is 1.51. The van der Waals surface area contributed by atoms with Gasteiger partial charge in [-0.25, -0.2) is 9.78 Å². The van der Waals surface area contributed by atoms with Crippen molar-refractivity contribution in [2.45, 2.75) is 32.8 Å². The molecule has 0 bridgehead atoms. The third-order valence-electron chi connectivity index (χ3n) is 3.68. The molecule has 1 saturated heterocycles. The minimum atomic E-state index is -0.449. The Bertz CT molecular complexity index is 667. The predicted molar refractivity (Wildman–Crippen MR) is 86.9 cm³/mol. The SMILES string of the molecule is CC(C)(C)OC(=O)N1CC(Cc2ncc(-c3ccccc3)o2)C1. The van der Waals surface area contributed by atoms with Crippen LogP contribution in [0.5, 0.6) is 0 Å². The highest BCUT2D eigenvalue weighted by Crippen LogP contribution is 2.25. The van der Waals surface area contributed by atoms with Gasteiger partial charge in [0.1, 0.15) is 5.60 Å². The molecule has 1 fully saturated rings. The maximum Gasteiger partial charge on any atom is 0.410 e. The van der Waals surface area contributed by atoms with E-state index in [1.807, 2.05) is 51.1 Å². The van der Waals surface area contributed by atoms with Gasteiger partial charge in [-0.3, -0.25) is 0 Å². The zero-order valence-electron chi connectivity index (χ0n) is 13.8. The average Bonchev–Trinajstić information content (AvgIpc) is 2.90. The molecule has 0 radical (unpaired) electrons. The van der Waals surface area contributed by atoms with E-state index in [-0.39, 0.29) is 6.09 Å². The molecule has 1 amide bonds. The summed E-state index contributed by atoms with van der Waals surface area (Å²) in [7, 11) is 0. The quantitative estimate of drug-likeness (QED) is 0.866. The highest BCUT2D eigenvalue weighted by atomic mass is 16.6. The number of aromatic nitrogens is 1. The molecule has 1 aliphatic heterocycles. The van der Waals surface area contributed by atoms with Crippen molar-refractivity contribution in [3.63, 3.8) is 0 Å². The van der Waals surface area contributed by atoms with E-state index in [1.165, 1.54) is 0 Å². The number of carbonyl (C=O) groups is 1. The fourth-order valence-electron chi connectivity index (χ4n) is 2.56. The standard InChI is InChI=1S/C18H22N2O3/c1-18(2,3)23-17(21)20-11-13(12-20)9-16-19-10-15(22-16)14-7-5-4-6-8-14/h4-8,10,13H,9,11-12H2,1-3H3. The summed E-state index contributed by atoms with van der Waals surface area (Å²) in [5.74, 6) is 1.88. The number of ether oxygens (including phenoxy) is 1. The van der Waals surface area contributed by atoms with Gasteiger partial charge in [-0.1, -0.05) is 30.3 Å². The number of benzene rings is 1. The maximum atomic E-state index is 11.9. The Morgan fingerprint density at radius 3 is 2.65 bits per heavy atom. The fourth-order valence-corrected chi connectivity index (χ4v) is 2.56. The van der Waals surface area contributed by atoms with E-state index < -0.39 is 5.60 Å². The topological polar surface area (TPSA) is 55.6 Å². The van der Waals surface area contributed by atoms with Gasteiger partial charge in [-0.05, 0) is 20.8 Å². The first kappa shape index (κ1) is 15.6. The summed E-state index contributed by atoms with van der Waals surface area (Å²) < 4.78 is 11.2. The van der Waals surface area contributed by atoms with Crippen LogP contribution in [0.15, 0.2) is 40.9 Å². The van der Waals surface area contributed by atoms with Gasteiger partial charge in [0.25, 0.3) is 0 Å². The zero-order valence-corrected chi connectivity index (χ0v) is 13.8. The van der Waals surface area contributed by atoms with Gasteiger partial charge < -0.3 is 14.1 Å². The van der Waals surface area contributed by atoms with Gasteiger partial charge in [0, 0.05) is 31.0 Å². The van der Waals surface area contributed by atoms with Crippen molar-refractivity contribution < 1.29 is 13.9 Å². The van der Waals surface area contributed by atoms with Crippen LogP contribution in [-0.2, 0) is 11.2 Å². The molecule has 3 rings (SSSR count). The van der Waals surface area contributed by atoms with Crippen molar-refractivity contribution in [2.24, 2.45) is 5.92 Å². The van der Waals surface area contributed by atoms with Crippen molar-refractivity contribution >= 4 is 6.09 Å². The smallest absolute Gasteiger partial charge is 0.410 e. The van der Waals surface area contributed by atoms with E-state index in [1.54, 1.807) is 11.1 Å². The molecule has 23 heavy (non-hydrogen) atoms. The maximum absolute atomic E-state index is 11.9. The second-order valence-corrected chi connectivity index (χ2v) is 6.94. The molecular formula is C18H22N2O3. The van der Waals surface area contributed by atoms with Crippen LogP contribution >= 0.6 is 0 Å². The molecule has 2 heterocycles. The number of rotatable bonds is 3. The first-order valence-electron chi connectivity index (χ1n) is 7.89. The van der Waals surface area contributed by atoms with Crippen LogP contribution in [0.2, 0.25) is 0 Å². The number of carbonyl (C=O) groups excluding carboxylic acids is 1. The van der Waals surface area contributed by atoms with Crippen LogP contribution < -0.4 is 0 Å². The van der Waals surface area contributed by atoms with E-state index >= 15 is 0 Å². The largest absolute Gasteiger partial charge is 0.444 e. The second-order valence-electron chi connectivity index (χ2n) is 6.94. The van der Waals surface area contributed by atoms with E-state index in [2.05, 4.69) is 4.98 Å². The van der Waals surface area contributed by atoms with Crippen molar-refractivity contribution in [1.82, 2.24) is 9.88 Å². The monoisotopic (exact) mass is 314 g/mol. The van der Waals surface area contributed by atoms with Crippen molar-refractivity contribution in [1.29, 1.82) is 0 Å². The fraction of sp³-hybridized carbons (Fsp3) is 0.444. The lowest BCUT2D eigenvalue weighted by atomic mass is 9.97. The molecule has 0 spiro atoms. The molecule has 122 valence electrons. The van der Waals surface area contributed by atoms with Gasteiger partial charge in [0.2, 0.25) is 0 Å². The summed E-state index contributed by atoms with van der Waals surface area (Å²) in [5.41, 5.74) is 0.574. The Morgan fingerprint density at radius 2 is 2.00 bits per heavy atom. The lowest BCUT2D eigenvalue weighted by molar-refractivity contribution is -0.00168. The van der Waals surface area contributed by atoms with E-state index in [9.17, 15) is 4.79 Å². The predicted octanol–water partition coefficient (Wildman–Crippen LogP) is 3.75. The van der Waals surface area contributed by atoms with Crippen LogP contribution in [0, 0.1) is 5.92 Å². The molecule has 5 nitrogen and oxygen atoms in total. The van der Waals surface area contributed by atoms with Crippen LogP contribution in [0.1, 0.15) is 26.7 Å². The second kappa shape index (κ2) is 6.07. The van der Waals surface area contributed by atoms with Gasteiger partial charge in [0.15, 0.2) is 11.7 Å². The molecule has 0 unspecified atom stereocenters. The molecular weight excluding hydrogens is 292 g/mol. The first-order valence-corrected chi connectivity index (χ1v) is 7.89. The van der Waals surface area contributed by atoms with Crippen LogP contribution in [0.4, 0.5) is 4.79 Å². The molecule has 0 aliphatic carbocycles. The van der Waals surface area contributed by atoms with Gasteiger partial charge >= 0.3 is 6.09 Å². The van der Waals surface area contributed by atoms with Crippen LogP contribution in [0.3, 0.4) is 0 Å². The Morgan fingerprint density at radius 1 is 1.30 bits per heavy atom. The third kappa shape index (κ3) is 3.92. The average molecular weight is 314 g/mol. The summed E-state index contributed by atoms with van der Waals surface area (Å²) in [6.07, 6.45) is 2.26. The first-order chi connectivity index (χ1) is 10.9. The number of oxazole rings is 1. The summed E-state index contributed by atoms with van der Waals surface area (Å²) in [6.45, 7) is 7.01. The summed E-state index contributed by atoms with van der Waals surface area (Å²) in [4.78, 5) is 18.0. The van der Waals surface area contributed by atoms with Crippen molar-refractivity contribution in [2.75, 3.05) is 13.1 Å². The lowest BCUT2D eigenvalue weighted by Crippen LogP contribution is -2.52.